The van der Waals surface area contributed by atoms with Crippen LogP contribution in [0, 0.1) is 0 Å². The van der Waals surface area contributed by atoms with Gasteiger partial charge in [0, 0.05) is 31.0 Å². The number of nitrogens with one attached hydrogen (secondary N) is 1. The van der Waals surface area contributed by atoms with E-state index < -0.39 is 0 Å². The van der Waals surface area contributed by atoms with Gasteiger partial charge < -0.3 is 10.1 Å². The summed E-state index contributed by atoms with van der Waals surface area (Å²) in [5, 5.41) is 3.71. The van der Waals surface area contributed by atoms with E-state index in [4.69, 9.17) is 4.74 Å². The lowest BCUT2D eigenvalue weighted by molar-refractivity contribution is -0.121. The molecule has 2 aromatic heterocycles. The van der Waals surface area contributed by atoms with Crippen molar-refractivity contribution in [3.8, 4) is 0 Å². The van der Waals surface area contributed by atoms with Crippen LogP contribution in [0.5, 0.6) is 0 Å². The van der Waals surface area contributed by atoms with E-state index in [0.717, 1.165) is 55.3 Å². The monoisotopic (exact) mass is 375 g/mol. The molecule has 0 saturated carbocycles. The Morgan fingerprint density at radius 3 is 3.08 bits per heavy atom. The Labute approximate surface area is 156 Å². The number of rotatable bonds is 6. The number of hydrogen-bond acceptors (Lipinski definition) is 5. The summed E-state index contributed by atoms with van der Waals surface area (Å²) in [7, 11) is 0. The first-order valence-electron chi connectivity index (χ1n) is 9.60. The van der Waals surface area contributed by atoms with Crippen molar-refractivity contribution in [1.82, 2.24) is 14.9 Å². The Morgan fingerprint density at radius 1 is 1.35 bits per heavy atom. The van der Waals surface area contributed by atoms with Crippen LogP contribution in [0.4, 0.5) is 0 Å². The summed E-state index contributed by atoms with van der Waals surface area (Å²) in [5.74, 6) is -0.0256. The Bertz CT molecular complexity index is 852. The van der Waals surface area contributed by atoms with Crippen molar-refractivity contribution in [3.05, 3.63) is 27.1 Å². The van der Waals surface area contributed by atoms with E-state index in [2.05, 4.69) is 10.3 Å². The van der Waals surface area contributed by atoms with Gasteiger partial charge in [-0.25, -0.2) is 4.98 Å². The van der Waals surface area contributed by atoms with Gasteiger partial charge in [-0.3, -0.25) is 14.2 Å². The lowest BCUT2D eigenvalue weighted by Crippen LogP contribution is -2.29. The van der Waals surface area contributed by atoms with Gasteiger partial charge in [-0.05, 0) is 50.5 Å². The quantitative estimate of drug-likeness (QED) is 0.841. The van der Waals surface area contributed by atoms with E-state index in [0.29, 0.717) is 19.5 Å². The molecule has 2 aromatic rings. The first kappa shape index (κ1) is 17.7. The van der Waals surface area contributed by atoms with E-state index >= 15 is 0 Å². The molecule has 4 rings (SSSR count). The number of fused-ring (bicyclic) bond motifs is 3. The average molecular weight is 375 g/mol. The van der Waals surface area contributed by atoms with Gasteiger partial charge in [-0.2, -0.15) is 0 Å². The predicted octanol–water partition coefficient (Wildman–Crippen LogP) is 2.41. The molecule has 1 amide bonds. The van der Waals surface area contributed by atoms with Crippen molar-refractivity contribution < 1.29 is 9.53 Å². The van der Waals surface area contributed by atoms with E-state index in [1.807, 2.05) is 0 Å². The molecule has 1 saturated heterocycles. The van der Waals surface area contributed by atoms with Crippen LogP contribution in [0.25, 0.3) is 10.2 Å². The molecule has 1 fully saturated rings. The summed E-state index contributed by atoms with van der Waals surface area (Å²) >= 11 is 1.65. The molecule has 0 unspecified atom stereocenters. The van der Waals surface area contributed by atoms with Crippen LogP contribution in [-0.2, 0) is 28.9 Å². The van der Waals surface area contributed by atoms with E-state index in [9.17, 15) is 9.59 Å². The average Bonchev–Trinajstić information content (AvgIpc) is 3.28. The van der Waals surface area contributed by atoms with Crippen LogP contribution in [0.3, 0.4) is 0 Å². The summed E-state index contributed by atoms with van der Waals surface area (Å²) in [5.41, 5.74) is 1.20. The minimum absolute atomic E-state index is 0.00144. The zero-order chi connectivity index (χ0) is 17.9. The molecule has 0 aromatic carbocycles. The molecular formula is C19H25N3O3S. The maximum atomic E-state index is 12.8. The van der Waals surface area contributed by atoms with Crippen molar-refractivity contribution in [2.24, 2.45) is 0 Å². The summed E-state index contributed by atoms with van der Waals surface area (Å²) in [4.78, 5) is 31.5. The molecule has 0 spiro atoms. The Kier molecular flexibility index (Phi) is 5.36. The Balaban J connectivity index is 1.37. The molecule has 1 aliphatic carbocycles. The van der Waals surface area contributed by atoms with Gasteiger partial charge in [-0.15, -0.1) is 11.3 Å². The van der Waals surface area contributed by atoms with Gasteiger partial charge in [0.15, 0.2) is 0 Å². The van der Waals surface area contributed by atoms with Crippen LogP contribution >= 0.6 is 11.3 Å². The van der Waals surface area contributed by atoms with Crippen molar-refractivity contribution in [2.75, 3.05) is 13.2 Å². The van der Waals surface area contributed by atoms with Crippen LogP contribution in [0.2, 0.25) is 0 Å². The van der Waals surface area contributed by atoms with Crippen molar-refractivity contribution >= 4 is 27.5 Å². The van der Waals surface area contributed by atoms with Gasteiger partial charge in [0.25, 0.3) is 5.56 Å². The van der Waals surface area contributed by atoms with Crippen molar-refractivity contribution in [3.63, 3.8) is 0 Å². The number of nitrogens with zero attached hydrogens (tertiary/aromatic N) is 2. The molecule has 2 aliphatic rings. The smallest absolute Gasteiger partial charge is 0.262 e. The zero-order valence-corrected chi connectivity index (χ0v) is 15.8. The molecule has 7 heteroatoms. The minimum atomic E-state index is -0.0256. The second-order valence-corrected chi connectivity index (χ2v) is 8.24. The fraction of sp³-hybridized carbons (Fsp3) is 0.632. The largest absolute Gasteiger partial charge is 0.378 e. The van der Waals surface area contributed by atoms with Crippen LogP contribution in [-0.4, -0.2) is 34.7 Å². The second kappa shape index (κ2) is 7.88. The second-order valence-electron chi connectivity index (χ2n) is 7.16. The lowest BCUT2D eigenvalue weighted by Gasteiger charge is -2.11. The van der Waals surface area contributed by atoms with Crippen LogP contribution in [0.15, 0.2) is 11.1 Å². The van der Waals surface area contributed by atoms with E-state index in [-0.39, 0.29) is 17.6 Å². The lowest BCUT2D eigenvalue weighted by atomic mass is 9.97. The normalized spacial score (nSPS) is 19.6. The fourth-order valence-corrected chi connectivity index (χ4v) is 5.11. The molecule has 1 N–H and O–H groups in total. The number of aromatic nitrogens is 2. The third-order valence-corrected chi connectivity index (χ3v) is 6.53. The first-order chi connectivity index (χ1) is 12.7. The van der Waals surface area contributed by atoms with E-state index in [1.165, 1.54) is 16.9 Å². The van der Waals surface area contributed by atoms with Gasteiger partial charge in [-0.1, -0.05) is 0 Å². The minimum Gasteiger partial charge on any atom is -0.378 e. The number of carbonyl (C=O) groups is 1. The molecular weight excluding hydrogens is 350 g/mol. The standard InChI is InChI=1S/C19H25N3O3S/c23-16(20-9-7-13-4-3-11-25-13)8-10-22-12-21-18-17(19(22)24)14-5-1-2-6-15(14)26-18/h12-13H,1-11H2,(H,20,23)/t13-/m1/s1. The SMILES string of the molecule is O=C(CCn1cnc2sc3c(c2c1=O)CCCC3)NCC[C@H]1CCCO1. The fourth-order valence-electron chi connectivity index (χ4n) is 3.90. The molecule has 140 valence electrons. The van der Waals surface area contributed by atoms with Gasteiger partial charge in [0.05, 0.1) is 17.8 Å². The number of aryl methyl sites for hydroxylation is 3. The van der Waals surface area contributed by atoms with Crippen LogP contribution in [0.1, 0.15) is 49.0 Å². The third-order valence-electron chi connectivity index (χ3n) is 5.33. The van der Waals surface area contributed by atoms with Gasteiger partial charge in [0.2, 0.25) is 5.91 Å². The maximum absolute atomic E-state index is 12.8. The number of hydrogen-bond donors (Lipinski definition) is 1. The predicted molar refractivity (Wildman–Crippen MR) is 102 cm³/mol. The van der Waals surface area contributed by atoms with Gasteiger partial charge in [0.1, 0.15) is 4.83 Å². The number of carbonyl (C=O) groups excluding carboxylic acids is 1. The molecule has 26 heavy (non-hydrogen) atoms. The molecule has 3 heterocycles. The van der Waals surface area contributed by atoms with Crippen LogP contribution < -0.4 is 10.9 Å². The van der Waals surface area contributed by atoms with Gasteiger partial charge >= 0.3 is 0 Å². The van der Waals surface area contributed by atoms with Crippen molar-refractivity contribution in [2.45, 2.75) is 64.0 Å². The highest BCUT2D eigenvalue weighted by Gasteiger charge is 2.20. The summed E-state index contributed by atoms with van der Waals surface area (Å²) in [6.45, 7) is 1.84. The Hall–Kier alpha value is -1.73. The molecule has 6 nitrogen and oxygen atoms in total. The first-order valence-corrected chi connectivity index (χ1v) is 10.4. The summed E-state index contributed by atoms with van der Waals surface area (Å²) < 4.78 is 7.14. The van der Waals surface area contributed by atoms with E-state index in [1.54, 1.807) is 22.2 Å². The maximum Gasteiger partial charge on any atom is 0.262 e. The number of thiophene rings is 1. The number of ether oxygens (including phenoxy) is 1. The molecule has 0 radical (unpaired) electrons. The molecule has 1 atom stereocenters. The zero-order valence-electron chi connectivity index (χ0n) is 15.0. The summed E-state index contributed by atoms with van der Waals surface area (Å²) in [6.07, 6.45) is 9.60. The molecule has 1 aliphatic heterocycles. The number of amides is 1. The highest BCUT2D eigenvalue weighted by atomic mass is 32.1. The summed E-state index contributed by atoms with van der Waals surface area (Å²) in [6, 6.07) is 0. The molecule has 0 bridgehead atoms. The topological polar surface area (TPSA) is 73.2 Å². The highest BCUT2D eigenvalue weighted by Crippen LogP contribution is 2.33. The third kappa shape index (κ3) is 3.69. The van der Waals surface area contributed by atoms with Crippen molar-refractivity contribution in [1.29, 1.82) is 0 Å². The highest BCUT2D eigenvalue weighted by molar-refractivity contribution is 7.18. The Morgan fingerprint density at radius 2 is 2.23 bits per heavy atom.